The van der Waals surface area contributed by atoms with Gasteiger partial charge in [0.05, 0.1) is 6.54 Å². The van der Waals surface area contributed by atoms with Gasteiger partial charge in [-0.25, -0.2) is 0 Å². The molecule has 0 rings (SSSR count). The van der Waals surface area contributed by atoms with E-state index in [1.165, 1.54) is 0 Å². The van der Waals surface area contributed by atoms with Crippen molar-refractivity contribution >= 4 is 5.91 Å². The van der Waals surface area contributed by atoms with Crippen LogP contribution in [-0.2, 0) is 4.79 Å². The fourth-order valence-electron chi connectivity index (χ4n) is 0.971. The molecule has 14 heavy (non-hydrogen) atoms. The molecule has 0 saturated heterocycles. The highest BCUT2D eigenvalue weighted by atomic mass is 16.1. The lowest BCUT2D eigenvalue weighted by Crippen LogP contribution is -2.34. The summed E-state index contributed by atoms with van der Waals surface area (Å²) < 4.78 is 0. The molecule has 0 aromatic carbocycles. The van der Waals surface area contributed by atoms with Crippen LogP contribution in [0.2, 0.25) is 0 Å². The predicted octanol–water partition coefficient (Wildman–Crippen LogP) is -0.170. The number of hydrogen-bond acceptors (Lipinski definition) is 3. The van der Waals surface area contributed by atoms with Crippen molar-refractivity contribution in [1.82, 2.24) is 15.5 Å². The van der Waals surface area contributed by atoms with Crippen molar-refractivity contribution < 1.29 is 4.79 Å². The average molecular weight is 199 g/mol. The number of nitrogens with one attached hydrogen (secondary N) is 2. The number of nitrogens with zero attached hydrogens (tertiary/aromatic N) is 1. The number of amides is 1. The van der Waals surface area contributed by atoms with Crippen LogP contribution in [0.15, 0.2) is 12.7 Å². The first-order valence-electron chi connectivity index (χ1n) is 4.90. The van der Waals surface area contributed by atoms with Crippen molar-refractivity contribution in [2.45, 2.75) is 6.42 Å². The van der Waals surface area contributed by atoms with E-state index in [0.29, 0.717) is 13.1 Å². The third-order valence-corrected chi connectivity index (χ3v) is 1.69. The van der Waals surface area contributed by atoms with Gasteiger partial charge in [0.1, 0.15) is 0 Å². The first kappa shape index (κ1) is 13.1. The van der Waals surface area contributed by atoms with E-state index in [9.17, 15) is 4.79 Å². The zero-order valence-electron chi connectivity index (χ0n) is 9.18. The Kier molecular flexibility index (Phi) is 8.17. The molecule has 0 aliphatic rings. The Balaban J connectivity index is 3.18. The zero-order chi connectivity index (χ0) is 10.8. The summed E-state index contributed by atoms with van der Waals surface area (Å²) in [7, 11) is 4.08. The average Bonchev–Trinajstić information content (AvgIpc) is 2.13. The second kappa shape index (κ2) is 8.72. The summed E-state index contributed by atoms with van der Waals surface area (Å²) in [5.74, 6) is 0.0229. The lowest BCUT2D eigenvalue weighted by molar-refractivity contribution is -0.120. The van der Waals surface area contributed by atoms with E-state index in [2.05, 4.69) is 22.1 Å². The summed E-state index contributed by atoms with van der Waals surface area (Å²) in [5, 5.41) is 5.78. The first-order chi connectivity index (χ1) is 6.66. The highest BCUT2D eigenvalue weighted by Crippen LogP contribution is 1.79. The minimum absolute atomic E-state index is 0.0229. The van der Waals surface area contributed by atoms with Gasteiger partial charge in [-0.15, -0.1) is 6.58 Å². The summed E-state index contributed by atoms with van der Waals surface area (Å²) in [4.78, 5) is 13.2. The van der Waals surface area contributed by atoms with E-state index in [1.807, 2.05) is 14.1 Å². The van der Waals surface area contributed by atoms with Crippen LogP contribution in [0.1, 0.15) is 6.42 Å². The summed E-state index contributed by atoms with van der Waals surface area (Å²) in [5.41, 5.74) is 0. The lowest BCUT2D eigenvalue weighted by atomic mass is 10.4. The standard InChI is InChI=1S/C10H21N3O/c1-4-6-12-10(14)9-11-7-5-8-13(2)3/h4,11H,1,5-9H2,2-3H3,(H,12,14). The Bertz CT molecular complexity index is 169. The molecule has 0 aromatic heterocycles. The van der Waals surface area contributed by atoms with Crippen LogP contribution in [-0.4, -0.2) is 51.1 Å². The Morgan fingerprint density at radius 1 is 1.50 bits per heavy atom. The second-order valence-electron chi connectivity index (χ2n) is 3.43. The van der Waals surface area contributed by atoms with Crippen LogP contribution in [0, 0.1) is 0 Å². The molecule has 4 nitrogen and oxygen atoms in total. The molecule has 0 radical (unpaired) electrons. The van der Waals surface area contributed by atoms with Gasteiger partial charge in [0.15, 0.2) is 0 Å². The van der Waals surface area contributed by atoms with E-state index in [4.69, 9.17) is 0 Å². The van der Waals surface area contributed by atoms with E-state index in [1.54, 1.807) is 6.08 Å². The Hall–Kier alpha value is -0.870. The fraction of sp³-hybridized carbons (Fsp3) is 0.700. The molecule has 0 fully saturated rings. The van der Waals surface area contributed by atoms with Gasteiger partial charge >= 0.3 is 0 Å². The van der Waals surface area contributed by atoms with Crippen LogP contribution in [0.5, 0.6) is 0 Å². The van der Waals surface area contributed by atoms with E-state index in [-0.39, 0.29) is 5.91 Å². The molecule has 0 unspecified atom stereocenters. The van der Waals surface area contributed by atoms with E-state index < -0.39 is 0 Å². The molecule has 0 saturated carbocycles. The quantitative estimate of drug-likeness (QED) is 0.421. The zero-order valence-corrected chi connectivity index (χ0v) is 9.18. The lowest BCUT2D eigenvalue weighted by Gasteiger charge is -2.09. The highest BCUT2D eigenvalue weighted by Gasteiger charge is 1.97. The van der Waals surface area contributed by atoms with Gasteiger partial charge in [-0.1, -0.05) is 6.08 Å². The van der Waals surface area contributed by atoms with Gasteiger partial charge in [0.2, 0.25) is 5.91 Å². The molecular weight excluding hydrogens is 178 g/mol. The number of hydrogen-bond donors (Lipinski definition) is 2. The summed E-state index contributed by atoms with van der Waals surface area (Å²) in [6.07, 6.45) is 2.73. The monoisotopic (exact) mass is 199 g/mol. The molecule has 82 valence electrons. The summed E-state index contributed by atoms with van der Waals surface area (Å²) in [6, 6.07) is 0. The van der Waals surface area contributed by atoms with Crippen molar-refractivity contribution in [3.8, 4) is 0 Å². The molecule has 2 N–H and O–H groups in total. The van der Waals surface area contributed by atoms with Crippen molar-refractivity contribution in [1.29, 1.82) is 0 Å². The van der Waals surface area contributed by atoms with Crippen LogP contribution in [0.4, 0.5) is 0 Å². The smallest absolute Gasteiger partial charge is 0.234 e. The van der Waals surface area contributed by atoms with Crippen molar-refractivity contribution in [2.75, 3.05) is 40.3 Å². The molecule has 0 bridgehead atoms. The van der Waals surface area contributed by atoms with E-state index >= 15 is 0 Å². The Labute approximate surface area is 86.4 Å². The van der Waals surface area contributed by atoms with Crippen molar-refractivity contribution in [2.24, 2.45) is 0 Å². The maximum atomic E-state index is 11.1. The minimum atomic E-state index is 0.0229. The highest BCUT2D eigenvalue weighted by molar-refractivity contribution is 5.78. The third kappa shape index (κ3) is 9.22. The molecule has 0 atom stereocenters. The number of carbonyl (C=O) groups excluding carboxylic acids is 1. The fourth-order valence-corrected chi connectivity index (χ4v) is 0.971. The molecular formula is C10H21N3O. The van der Waals surface area contributed by atoms with Crippen molar-refractivity contribution in [3.63, 3.8) is 0 Å². The third-order valence-electron chi connectivity index (χ3n) is 1.69. The second-order valence-corrected chi connectivity index (χ2v) is 3.43. The molecule has 0 aliphatic carbocycles. The van der Waals surface area contributed by atoms with Gasteiger partial charge < -0.3 is 15.5 Å². The van der Waals surface area contributed by atoms with Crippen LogP contribution in [0.3, 0.4) is 0 Å². The SMILES string of the molecule is C=CCNC(=O)CNCCCN(C)C. The maximum Gasteiger partial charge on any atom is 0.234 e. The molecule has 0 spiro atoms. The van der Waals surface area contributed by atoms with Crippen LogP contribution < -0.4 is 10.6 Å². The largest absolute Gasteiger partial charge is 0.352 e. The molecule has 1 amide bonds. The Morgan fingerprint density at radius 2 is 2.21 bits per heavy atom. The summed E-state index contributed by atoms with van der Waals surface area (Å²) >= 11 is 0. The van der Waals surface area contributed by atoms with E-state index in [0.717, 1.165) is 19.5 Å². The molecule has 0 heterocycles. The normalized spacial score (nSPS) is 10.2. The maximum absolute atomic E-state index is 11.1. The number of carbonyl (C=O) groups is 1. The van der Waals surface area contributed by atoms with Gasteiger partial charge in [-0.3, -0.25) is 4.79 Å². The van der Waals surface area contributed by atoms with Crippen LogP contribution >= 0.6 is 0 Å². The summed E-state index contributed by atoms with van der Waals surface area (Å²) in [6.45, 7) is 6.37. The van der Waals surface area contributed by atoms with Gasteiger partial charge in [0.25, 0.3) is 0 Å². The number of rotatable bonds is 8. The first-order valence-corrected chi connectivity index (χ1v) is 4.90. The van der Waals surface area contributed by atoms with Gasteiger partial charge in [-0.2, -0.15) is 0 Å². The van der Waals surface area contributed by atoms with Gasteiger partial charge in [-0.05, 0) is 33.6 Å². The van der Waals surface area contributed by atoms with Crippen molar-refractivity contribution in [3.05, 3.63) is 12.7 Å². The van der Waals surface area contributed by atoms with Crippen LogP contribution in [0.25, 0.3) is 0 Å². The van der Waals surface area contributed by atoms with Gasteiger partial charge in [0, 0.05) is 6.54 Å². The predicted molar refractivity (Wildman–Crippen MR) is 59.2 cm³/mol. The molecule has 0 aliphatic heterocycles. The Morgan fingerprint density at radius 3 is 2.79 bits per heavy atom. The molecule has 0 aromatic rings. The minimum Gasteiger partial charge on any atom is -0.352 e. The topological polar surface area (TPSA) is 44.4 Å². The molecule has 4 heteroatoms.